The first-order valence-electron chi connectivity index (χ1n) is 5.20. The summed E-state index contributed by atoms with van der Waals surface area (Å²) < 4.78 is 5.66. The fraction of sp³-hybridized carbons (Fsp3) is 0.154. The van der Waals surface area contributed by atoms with Gasteiger partial charge >= 0.3 is 0 Å². The lowest BCUT2D eigenvalue weighted by atomic mass is 10.0. The summed E-state index contributed by atoms with van der Waals surface area (Å²) in [5.74, 6) is 1.10. The van der Waals surface area contributed by atoms with Crippen molar-refractivity contribution in [3.8, 4) is 11.5 Å². The number of ether oxygens (including phenoxy) is 1. The van der Waals surface area contributed by atoms with E-state index >= 15 is 0 Å². The van der Waals surface area contributed by atoms with Crippen molar-refractivity contribution in [3.05, 3.63) is 53.3 Å². The van der Waals surface area contributed by atoms with Crippen LogP contribution in [0, 0.1) is 0 Å². The number of phenolic OH excluding ortho intramolecular Hbond substituents is 1. The molecule has 0 unspecified atom stereocenters. The van der Waals surface area contributed by atoms with E-state index in [1.165, 1.54) is 0 Å². The van der Waals surface area contributed by atoms with E-state index in [4.69, 9.17) is 4.74 Å². The van der Waals surface area contributed by atoms with Crippen LogP contribution >= 0.6 is 0 Å². The molecule has 0 spiro atoms. The topological polar surface area (TPSA) is 42.4 Å². The summed E-state index contributed by atoms with van der Waals surface area (Å²) in [6.07, 6.45) is 2.53. The van der Waals surface area contributed by atoms with Gasteiger partial charge in [-0.05, 0) is 29.8 Å². The van der Waals surface area contributed by atoms with Gasteiger partial charge in [-0.1, -0.05) is 6.07 Å². The van der Waals surface area contributed by atoms with Crippen LogP contribution in [0.2, 0.25) is 0 Å². The van der Waals surface area contributed by atoms with Crippen LogP contribution in [0.5, 0.6) is 11.5 Å². The van der Waals surface area contributed by atoms with E-state index in [-0.39, 0.29) is 5.75 Å². The van der Waals surface area contributed by atoms with Crippen molar-refractivity contribution in [1.29, 1.82) is 0 Å². The molecule has 0 aliphatic carbocycles. The highest BCUT2D eigenvalue weighted by Crippen LogP contribution is 2.29. The average Bonchev–Trinajstić information content (AvgIpc) is 2.47. The summed E-state index contributed by atoms with van der Waals surface area (Å²) in [4.78, 5) is 4.30. The van der Waals surface area contributed by atoms with E-state index in [1.54, 1.807) is 24.4 Å². The highest BCUT2D eigenvalue weighted by Gasteiger charge is 2.14. The number of benzene rings is 1. The minimum absolute atomic E-state index is 0.273. The molecule has 1 aromatic heterocycles. The quantitative estimate of drug-likeness (QED) is 0.730. The van der Waals surface area contributed by atoms with Crippen molar-refractivity contribution in [3.63, 3.8) is 0 Å². The number of hydrogen-bond acceptors (Lipinski definition) is 3. The number of nitrogens with zero attached hydrogens (tertiary/aromatic N) is 1. The second-order valence-electron chi connectivity index (χ2n) is 3.87. The van der Waals surface area contributed by atoms with Gasteiger partial charge in [-0.3, -0.25) is 4.98 Å². The van der Waals surface area contributed by atoms with Gasteiger partial charge in [0.15, 0.2) is 0 Å². The molecule has 16 heavy (non-hydrogen) atoms. The van der Waals surface area contributed by atoms with E-state index in [0.717, 1.165) is 29.0 Å². The van der Waals surface area contributed by atoms with Crippen molar-refractivity contribution >= 4 is 0 Å². The molecule has 0 radical (unpaired) electrons. The molecule has 0 amide bonds. The molecule has 3 heteroatoms. The Hall–Kier alpha value is -2.03. The maximum atomic E-state index is 9.46. The molecule has 2 aromatic rings. The van der Waals surface area contributed by atoms with Gasteiger partial charge in [0.25, 0.3) is 0 Å². The van der Waals surface area contributed by atoms with Crippen LogP contribution in [0.1, 0.15) is 16.8 Å². The summed E-state index contributed by atoms with van der Waals surface area (Å²) in [6, 6.07) is 9.16. The van der Waals surface area contributed by atoms with Crippen molar-refractivity contribution in [2.75, 3.05) is 0 Å². The fourth-order valence-corrected chi connectivity index (χ4v) is 1.96. The maximum absolute atomic E-state index is 9.46. The predicted octanol–water partition coefficient (Wildman–Crippen LogP) is 2.27. The second-order valence-corrected chi connectivity index (χ2v) is 3.87. The van der Waals surface area contributed by atoms with Crippen LogP contribution in [0.3, 0.4) is 0 Å². The molecule has 0 atom stereocenters. The van der Waals surface area contributed by atoms with E-state index in [9.17, 15) is 5.11 Å². The highest BCUT2D eigenvalue weighted by molar-refractivity contribution is 5.44. The van der Waals surface area contributed by atoms with Gasteiger partial charge in [0.1, 0.15) is 18.1 Å². The molecule has 1 N–H and O–H groups in total. The Balaban J connectivity index is 2.10. The van der Waals surface area contributed by atoms with Crippen LogP contribution in [-0.4, -0.2) is 10.1 Å². The number of pyridine rings is 1. The van der Waals surface area contributed by atoms with Crippen molar-refractivity contribution in [2.24, 2.45) is 0 Å². The zero-order valence-electron chi connectivity index (χ0n) is 8.68. The first-order valence-corrected chi connectivity index (χ1v) is 5.20. The lowest BCUT2D eigenvalue weighted by Gasteiger charge is -2.06. The Labute approximate surface area is 93.3 Å². The molecule has 1 aromatic carbocycles. The Kier molecular flexibility index (Phi) is 2.03. The molecule has 80 valence electrons. The molecule has 3 nitrogen and oxygen atoms in total. The molecule has 0 fully saturated rings. The van der Waals surface area contributed by atoms with Gasteiger partial charge < -0.3 is 9.84 Å². The van der Waals surface area contributed by atoms with Crippen LogP contribution < -0.4 is 4.74 Å². The first-order chi connectivity index (χ1) is 7.83. The lowest BCUT2D eigenvalue weighted by Crippen LogP contribution is -1.98. The van der Waals surface area contributed by atoms with Gasteiger partial charge in [0, 0.05) is 18.2 Å². The Bertz CT molecular complexity index is 537. The normalized spacial score (nSPS) is 13.2. The molecular formula is C13H11NO2. The monoisotopic (exact) mass is 213 g/mol. The van der Waals surface area contributed by atoms with Crippen molar-refractivity contribution in [2.45, 2.75) is 13.0 Å². The van der Waals surface area contributed by atoms with E-state index in [1.807, 2.05) is 12.1 Å². The van der Waals surface area contributed by atoms with Crippen LogP contribution in [-0.2, 0) is 13.0 Å². The van der Waals surface area contributed by atoms with E-state index in [2.05, 4.69) is 4.98 Å². The summed E-state index contributed by atoms with van der Waals surface area (Å²) in [5.41, 5.74) is 3.14. The molecular weight excluding hydrogens is 202 g/mol. The second kappa shape index (κ2) is 3.52. The zero-order valence-corrected chi connectivity index (χ0v) is 8.68. The van der Waals surface area contributed by atoms with Gasteiger partial charge in [0.05, 0.1) is 5.69 Å². The molecule has 1 aliphatic heterocycles. The molecule has 0 saturated heterocycles. The third-order valence-corrected chi connectivity index (χ3v) is 2.77. The molecule has 1 aliphatic rings. The third kappa shape index (κ3) is 1.50. The fourth-order valence-electron chi connectivity index (χ4n) is 1.96. The molecule has 0 bridgehead atoms. The molecule has 0 saturated carbocycles. The number of hydrogen-bond donors (Lipinski definition) is 1. The van der Waals surface area contributed by atoms with Crippen molar-refractivity contribution < 1.29 is 9.84 Å². The number of aromatic hydroxyl groups is 1. The first kappa shape index (κ1) is 9.21. The van der Waals surface area contributed by atoms with Crippen molar-refractivity contribution in [1.82, 2.24) is 4.98 Å². The predicted molar refractivity (Wildman–Crippen MR) is 59.5 cm³/mol. The lowest BCUT2D eigenvalue weighted by molar-refractivity contribution is 0.301. The molecule has 3 rings (SSSR count). The minimum Gasteiger partial charge on any atom is -0.508 e. The Morgan fingerprint density at radius 2 is 2.12 bits per heavy atom. The summed E-state index contributed by atoms with van der Waals surface area (Å²) in [7, 11) is 0. The maximum Gasteiger partial charge on any atom is 0.130 e. The van der Waals surface area contributed by atoms with E-state index < -0.39 is 0 Å². The SMILES string of the molecule is Oc1ccc2c(c1)Cc1cccnc1CO2. The number of phenols is 1. The zero-order chi connectivity index (χ0) is 11.0. The van der Waals surface area contributed by atoms with Crippen LogP contribution in [0.4, 0.5) is 0 Å². The van der Waals surface area contributed by atoms with E-state index in [0.29, 0.717) is 6.61 Å². The number of aromatic nitrogens is 1. The number of rotatable bonds is 0. The van der Waals surface area contributed by atoms with Gasteiger partial charge in [0.2, 0.25) is 0 Å². The summed E-state index contributed by atoms with van der Waals surface area (Å²) in [5, 5.41) is 9.46. The van der Waals surface area contributed by atoms with Gasteiger partial charge in [-0.2, -0.15) is 0 Å². The summed E-state index contributed by atoms with van der Waals surface area (Å²) >= 11 is 0. The average molecular weight is 213 g/mol. The largest absolute Gasteiger partial charge is 0.508 e. The standard InChI is InChI=1S/C13H11NO2/c15-11-3-4-13-10(7-11)6-9-2-1-5-14-12(9)8-16-13/h1-5,7,15H,6,8H2. The summed E-state index contributed by atoms with van der Waals surface area (Å²) in [6.45, 7) is 0.494. The van der Waals surface area contributed by atoms with Gasteiger partial charge in [-0.25, -0.2) is 0 Å². The third-order valence-electron chi connectivity index (χ3n) is 2.77. The van der Waals surface area contributed by atoms with Gasteiger partial charge in [-0.15, -0.1) is 0 Å². The van der Waals surface area contributed by atoms with Crippen LogP contribution in [0.25, 0.3) is 0 Å². The molecule has 2 heterocycles. The van der Waals surface area contributed by atoms with Crippen LogP contribution in [0.15, 0.2) is 36.5 Å². The Morgan fingerprint density at radius 3 is 3.06 bits per heavy atom. The smallest absolute Gasteiger partial charge is 0.130 e. The Morgan fingerprint density at radius 1 is 1.19 bits per heavy atom. The minimum atomic E-state index is 0.273. The number of fused-ring (bicyclic) bond motifs is 2. The highest BCUT2D eigenvalue weighted by atomic mass is 16.5.